The van der Waals surface area contributed by atoms with Crippen LogP contribution in [0, 0.1) is 11.3 Å². The fourth-order valence-electron chi connectivity index (χ4n) is 3.51. The van der Waals surface area contributed by atoms with Crippen LogP contribution in [0.4, 0.5) is 13.2 Å². The van der Waals surface area contributed by atoms with Crippen molar-refractivity contribution < 1.29 is 17.9 Å². The van der Waals surface area contributed by atoms with Crippen molar-refractivity contribution in [2.45, 2.75) is 31.9 Å². The highest BCUT2D eigenvalue weighted by Gasteiger charge is 2.43. The molecule has 2 saturated heterocycles. The second-order valence-electron chi connectivity index (χ2n) is 6.26. The van der Waals surface area contributed by atoms with Gasteiger partial charge in [0.25, 0.3) is 0 Å². The van der Waals surface area contributed by atoms with Crippen LogP contribution < -0.4 is 5.32 Å². The van der Waals surface area contributed by atoms with E-state index in [1.165, 1.54) is 0 Å². The molecule has 1 N–H and O–H groups in total. The number of nitrogens with zero attached hydrogens (tertiary/aromatic N) is 1. The summed E-state index contributed by atoms with van der Waals surface area (Å²) >= 11 is 0. The molecule has 0 aromatic heterocycles. The van der Waals surface area contributed by atoms with Gasteiger partial charge in [0, 0.05) is 32.8 Å². The fraction of sp³-hybridized carbons (Fsp3) is 1.00. The summed E-state index contributed by atoms with van der Waals surface area (Å²) in [6.07, 6.45) is -1.26. The Hall–Kier alpha value is -0.330. The second kappa shape index (κ2) is 6.62. The van der Waals surface area contributed by atoms with Crippen LogP contribution in [0.3, 0.4) is 0 Å². The molecule has 2 rings (SSSR count). The van der Waals surface area contributed by atoms with Crippen molar-refractivity contribution in [3.8, 4) is 0 Å². The summed E-state index contributed by atoms with van der Waals surface area (Å²) in [5.74, 6) is -1.15. The van der Waals surface area contributed by atoms with Crippen molar-refractivity contribution in [2.75, 3.05) is 46.4 Å². The Labute approximate surface area is 118 Å². The Morgan fingerprint density at radius 2 is 2.00 bits per heavy atom. The molecule has 1 unspecified atom stereocenters. The monoisotopic (exact) mass is 294 g/mol. The van der Waals surface area contributed by atoms with E-state index in [1.54, 1.807) is 0 Å². The molecular weight excluding hydrogens is 269 g/mol. The molecule has 0 aliphatic carbocycles. The first-order valence-corrected chi connectivity index (χ1v) is 7.47. The minimum atomic E-state index is -4.05. The number of hydrogen-bond acceptors (Lipinski definition) is 3. The third-order valence-electron chi connectivity index (χ3n) is 4.63. The molecule has 0 spiro atoms. The quantitative estimate of drug-likeness (QED) is 0.861. The number of nitrogens with one attached hydrogen (secondary N) is 1. The minimum Gasteiger partial charge on any atom is -0.381 e. The van der Waals surface area contributed by atoms with Gasteiger partial charge in [0.1, 0.15) is 0 Å². The van der Waals surface area contributed by atoms with Crippen molar-refractivity contribution in [1.82, 2.24) is 10.2 Å². The number of rotatable bonds is 4. The summed E-state index contributed by atoms with van der Waals surface area (Å²) in [4.78, 5) is 2.02. The Morgan fingerprint density at radius 3 is 2.60 bits per heavy atom. The molecule has 6 heteroatoms. The highest BCUT2D eigenvalue weighted by Crippen LogP contribution is 2.36. The Balaban J connectivity index is 1.96. The lowest BCUT2D eigenvalue weighted by molar-refractivity contribution is -0.188. The standard InChI is InChI=1S/C14H25F3N2O/c1-18-10-13(4-7-20-8-5-13)11-19-6-2-3-12(9-19)14(15,16)17/h12,18H,2-11H2,1H3. The highest BCUT2D eigenvalue weighted by atomic mass is 19.4. The van der Waals surface area contributed by atoms with E-state index in [2.05, 4.69) is 5.32 Å². The maximum atomic E-state index is 12.9. The maximum absolute atomic E-state index is 12.9. The predicted molar refractivity (Wildman–Crippen MR) is 71.6 cm³/mol. The first-order chi connectivity index (χ1) is 9.45. The van der Waals surface area contributed by atoms with E-state index in [0.29, 0.717) is 6.42 Å². The van der Waals surface area contributed by atoms with Gasteiger partial charge in [-0.05, 0) is 44.7 Å². The fourth-order valence-corrected chi connectivity index (χ4v) is 3.51. The zero-order valence-electron chi connectivity index (χ0n) is 12.1. The van der Waals surface area contributed by atoms with E-state index in [1.807, 2.05) is 11.9 Å². The lowest BCUT2D eigenvalue weighted by Crippen LogP contribution is -2.50. The summed E-state index contributed by atoms with van der Waals surface area (Å²) in [7, 11) is 1.91. The molecule has 0 saturated carbocycles. The van der Waals surface area contributed by atoms with E-state index >= 15 is 0 Å². The molecule has 2 aliphatic heterocycles. The molecule has 20 heavy (non-hydrogen) atoms. The predicted octanol–water partition coefficient (Wildman–Crippen LogP) is 2.28. The van der Waals surface area contributed by atoms with Gasteiger partial charge in [-0.3, -0.25) is 0 Å². The van der Waals surface area contributed by atoms with Gasteiger partial charge < -0.3 is 15.0 Å². The topological polar surface area (TPSA) is 24.5 Å². The summed E-state index contributed by atoms with van der Waals surface area (Å²) in [6, 6.07) is 0. The third-order valence-corrected chi connectivity index (χ3v) is 4.63. The number of hydrogen-bond donors (Lipinski definition) is 1. The van der Waals surface area contributed by atoms with Crippen LogP contribution >= 0.6 is 0 Å². The SMILES string of the molecule is CNCC1(CN2CCCC(C(F)(F)F)C2)CCOCC1. The molecule has 3 nitrogen and oxygen atoms in total. The normalized spacial score (nSPS) is 28.5. The summed E-state index contributed by atoms with van der Waals surface area (Å²) in [5.41, 5.74) is 0.0699. The van der Waals surface area contributed by atoms with Crippen LogP contribution in [-0.2, 0) is 4.74 Å². The van der Waals surface area contributed by atoms with Gasteiger partial charge in [-0.25, -0.2) is 0 Å². The van der Waals surface area contributed by atoms with Crippen molar-refractivity contribution in [1.29, 1.82) is 0 Å². The van der Waals surface area contributed by atoms with E-state index in [4.69, 9.17) is 4.74 Å². The Kier molecular flexibility index (Phi) is 5.31. The Bertz CT molecular complexity index is 298. The molecule has 2 heterocycles. The van der Waals surface area contributed by atoms with Gasteiger partial charge in [-0.1, -0.05) is 0 Å². The van der Waals surface area contributed by atoms with Crippen LogP contribution in [0.25, 0.3) is 0 Å². The van der Waals surface area contributed by atoms with Crippen LogP contribution in [0.1, 0.15) is 25.7 Å². The zero-order valence-corrected chi connectivity index (χ0v) is 12.1. The van der Waals surface area contributed by atoms with Gasteiger partial charge in [0.15, 0.2) is 0 Å². The molecule has 0 aromatic carbocycles. The molecule has 1 atom stereocenters. The van der Waals surface area contributed by atoms with Crippen molar-refractivity contribution in [3.05, 3.63) is 0 Å². The highest BCUT2D eigenvalue weighted by molar-refractivity contribution is 4.89. The molecule has 0 amide bonds. The van der Waals surface area contributed by atoms with Crippen LogP contribution in [0.5, 0.6) is 0 Å². The van der Waals surface area contributed by atoms with Gasteiger partial charge in [-0.2, -0.15) is 13.2 Å². The average Bonchev–Trinajstić information content (AvgIpc) is 2.39. The van der Waals surface area contributed by atoms with Crippen LogP contribution in [0.2, 0.25) is 0 Å². The molecule has 2 aliphatic rings. The van der Waals surface area contributed by atoms with Gasteiger partial charge >= 0.3 is 6.18 Å². The molecular formula is C14H25F3N2O. The van der Waals surface area contributed by atoms with E-state index in [-0.39, 0.29) is 18.4 Å². The lowest BCUT2D eigenvalue weighted by Gasteiger charge is -2.43. The van der Waals surface area contributed by atoms with E-state index in [0.717, 1.165) is 45.7 Å². The molecule has 2 fully saturated rings. The number of halogens is 3. The number of likely N-dealkylation sites (tertiary alicyclic amines) is 1. The van der Waals surface area contributed by atoms with Crippen molar-refractivity contribution in [2.24, 2.45) is 11.3 Å². The third kappa shape index (κ3) is 4.09. The van der Waals surface area contributed by atoms with Crippen molar-refractivity contribution >= 4 is 0 Å². The number of alkyl halides is 3. The van der Waals surface area contributed by atoms with Crippen LogP contribution in [0.15, 0.2) is 0 Å². The smallest absolute Gasteiger partial charge is 0.381 e. The van der Waals surface area contributed by atoms with Crippen LogP contribution in [-0.4, -0.2) is 57.5 Å². The Morgan fingerprint density at radius 1 is 1.30 bits per heavy atom. The number of piperidine rings is 1. The summed E-state index contributed by atoms with van der Waals surface area (Å²) in [6.45, 7) is 4.00. The maximum Gasteiger partial charge on any atom is 0.393 e. The second-order valence-corrected chi connectivity index (χ2v) is 6.26. The van der Waals surface area contributed by atoms with E-state index in [9.17, 15) is 13.2 Å². The first-order valence-electron chi connectivity index (χ1n) is 7.47. The summed E-state index contributed by atoms with van der Waals surface area (Å²) < 4.78 is 44.0. The molecule has 118 valence electrons. The first kappa shape index (κ1) is 16.0. The largest absolute Gasteiger partial charge is 0.393 e. The minimum absolute atomic E-state index is 0.0699. The lowest BCUT2D eigenvalue weighted by atomic mass is 9.79. The molecule has 0 aromatic rings. The van der Waals surface area contributed by atoms with E-state index < -0.39 is 12.1 Å². The summed E-state index contributed by atoms with van der Waals surface area (Å²) in [5, 5.41) is 3.20. The molecule has 0 bridgehead atoms. The van der Waals surface area contributed by atoms with Gasteiger partial charge in [-0.15, -0.1) is 0 Å². The molecule has 0 radical (unpaired) electrons. The van der Waals surface area contributed by atoms with Gasteiger partial charge in [0.2, 0.25) is 0 Å². The zero-order chi connectivity index (χ0) is 14.6. The van der Waals surface area contributed by atoms with Gasteiger partial charge in [0.05, 0.1) is 5.92 Å². The average molecular weight is 294 g/mol. The number of ether oxygens (including phenoxy) is 1. The van der Waals surface area contributed by atoms with Crippen molar-refractivity contribution in [3.63, 3.8) is 0 Å².